The summed E-state index contributed by atoms with van der Waals surface area (Å²) in [6.07, 6.45) is -3.97. The molecule has 1 aliphatic rings. The lowest BCUT2D eigenvalue weighted by molar-refractivity contribution is -0.224. The highest BCUT2D eigenvalue weighted by molar-refractivity contribution is 7.99. The van der Waals surface area contributed by atoms with Crippen LogP contribution in [-0.2, 0) is 25.6 Å². The normalized spacial score (nSPS) is 21.8. The molecule has 8 heteroatoms. The standard InChI is InChI=1S/C34H32O7S/c1-23-17-19-27(20-18-23)42-34-31(41-33(37)26-15-9-4-10-16-26)30(40-32(36)25-13-7-3-8-14-25)29(28(21-35)39-34)38-22-24-11-5-2-6-12-24/h2-20,28-31,34-35H,21-22H2,1H3/t28-,29+,30+,31-,34+/m1/s1. The number of aliphatic hydroxyl groups is 1. The summed E-state index contributed by atoms with van der Waals surface area (Å²) in [5.41, 5.74) is 1.84. The van der Waals surface area contributed by atoms with Gasteiger partial charge in [-0.1, -0.05) is 96.2 Å². The van der Waals surface area contributed by atoms with Crippen LogP contribution in [-0.4, -0.2) is 53.5 Å². The summed E-state index contributed by atoms with van der Waals surface area (Å²) in [5.74, 6) is -1.20. The molecule has 0 saturated carbocycles. The molecule has 1 heterocycles. The number of hydrogen-bond donors (Lipinski definition) is 1. The van der Waals surface area contributed by atoms with Gasteiger partial charge in [-0.25, -0.2) is 9.59 Å². The SMILES string of the molecule is Cc1ccc(S[C@@H]2O[C@H](CO)[C@H](OCc3ccccc3)[C@H](OC(=O)c3ccccc3)[C@H]2OC(=O)c2ccccc2)cc1. The third-order valence-electron chi connectivity index (χ3n) is 6.83. The molecule has 4 aromatic rings. The molecule has 0 aliphatic carbocycles. The summed E-state index contributed by atoms with van der Waals surface area (Å²) in [7, 11) is 0. The quantitative estimate of drug-likeness (QED) is 0.233. The number of rotatable bonds is 10. The molecular weight excluding hydrogens is 552 g/mol. The first-order chi connectivity index (χ1) is 20.5. The van der Waals surface area contributed by atoms with Crippen LogP contribution in [0.5, 0.6) is 0 Å². The van der Waals surface area contributed by atoms with Crippen molar-refractivity contribution in [1.29, 1.82) is 0 Å². The number of hydrogen-bond acceptors (Lipinski definition) is 8. The van der Waals surface area contributed by atoms with Crippen LogP contribution in [0.1, 0.15) is 31.8 Å². The molecule has 0 amide bonds. The highest BCUT2D eigenvalue weighted by Crippen LogP contribution is 2.38. The van der Waals surface area contributed by atoms with Crippen molar-refractivity contribution in [3.63, 3.8) is 0 Å². The second-order valence-electron chi connectivity index (χ2n) is 9.89. The van der Waals surface area contributed by atoms with E-state index < -0.39 is 48.4 Å². The van der Waals surface area contributed by atoms with E-state index >= 15 is 0 Å². The van der Waals surface area contributed by atoms with Crippen LogP contribution in [0.2, 0.25) is 0 Å². The van der Waals surface area contributed by atoms with Gasteiger partial charge >= 0.3 is 11.9 Å². The van der Waals surface area contributed by atoms with Crippen molar-refractivity contribution in [2.24, 2.45) is 0 Å². The lowest BCUT2D eigenvalue weighted by atomic mass is 9.99. The summed E-state index contributed by atoms with van der Waals surface area (Å²) < 4.78 is 24.8. The Bertz CT molecular complexity index is 1430. The number of thioether (sulfide) groups is 1. The van der Waals surface area contributed by atoms with E-state index in [1.165, 1.54) is 11.8 Å². The molecule has 1 N–H and O–H groups in total. The van der Waals surface area contributed by atoms with Crippen molar-refractivity contribution in [3.05, 3.63) is 138 Å². The summed E-state index contributed by atoms with van der Waals surface area (Å²) in [6, 6.07) is 34.5. The van der Waals surface area contributed by atoms with E-state index in [4.69, 9.17) is 18.9 Å². The van der Waals surface area contributed by atoms with E-state index in [0.29, 0.717) is 11.1 Å². The molecule has 42 heavy (non-hydrogen) atoms. The second-order valence-corrected chi connectivity index (χ2v) is 11.1. The molecule has 7 nitrogen and oxygen atoms in total. The molecule has 0 aromatic heterocycles. The predicted molar refractivity (Wildman–Crippen MR) is 159 cm³/mol. The smallest absolute Gasteiger partial charge is 0.338 e. The number of aryl methyl sites for hydroxylation is 1. The fourth-order valence-corrected chi connectivity index (χ4v) is 5.73. The van der Waals surface area contributed by atoms with E-state index in [1.807, 2.05) is 61.5 Å². The van der Waals surface area contributed by atoms with Crippen molar-refractivity contribution < 1.29 is 33.6 Å². The van der Waals surface area contributed by atoms with Crippen molar-refractivity contribution in [3.8, 4) is 0 Å². The maximum absolute atomic E-state index is 13.4. The molecule has 0 bridgehead atoms. The topological polar surface area (TPSA) is 91.3 Å². The van der Waals surface area contributed by atoms with Gasteiger partial charge in [-0.05, 0) is 48.9 Å². The van der Waals surface area contributed by atoms with Gasteiger partial charge in [0.1, 0.15) is 17.6 Å². The molecular formula is C34H32O7S. The second kappa shape index (κ2) is 14.3. The minimum atomic E-state index is -1.09. The first kappa shape index (κ1) is 29.5. The number of carbonyl (C=O) groups is 2. The van der Waals surface area contributed by atoms with Gasteiger partial charge in [0.25, 0.3) is 0 Å². The number of ether oxygens (including phenoxy) is 4. The fraction of sp³-hybridized carbons (Fsp3) is 0.235. The monoisotopic (exact) mass is 584 g/mol. The van der Waals surface area contributed by atoms with Crippen LogP contribution in [0.4, 0.5) is 0 Å². The van der Waals surface area contributed by atoms with Gasteiger partial charge in [0.05, 0.1) is 24.3 Å². The third kappa shape index (κ3) is 7.46. The maximum atomic E-state index is 13.4. The average molecular weight is 585 g/mol. The van der Waals surface area contributed by atoms with Crippen molar-refractivity contribution in [2.75, 3.05) is 6.61 Å². The summed E-state index contributed by atoms with van der Waals surface area (Å²) in [6.45, 7) is 1.76. The Morgan fingerprint density at radius 3 is 1.79 bits per heavy atom. The Labute approximate surface area is 249 Å². The zero-order valence-electron chi connectivity index (χ0n) is 23.1. The highest BCUT2D eigenvalue weighted by atomic mass is 32.2. The number of benzene rings is 4. The van der Waals surface area contributed by atoms with Gasteiger partial charge in [-0.2, -0.15) is 0 Å². The van der Waals surface area contributed by atoms with E-state index in [-0.39, 0.29) is 6.61 Å². The van der Waals surface area contributed by atoms with Crippen LogP contribution in [0.3, 0.4) is 0 Å². The third-order valence-corrected chi connectivity index (χ3v) is 7.99. The van der Waals surface area contributed by atoms with E-state index in [0.717, 1.165) is 16.0 Å². The molecule has 5 rings (SSSR count). The van der Waals surface area contributed by atoms with Gasteiger partial charge in [0.15, 0.2) is 12.2 Å². The number of esters is 2. The first-order valence-electron chi connectivity index (χ1n) is 13.7. The molecule has 1 fully saturated rings. The molecule has 1 aliphatic heterocycles. The van der Waals surface area contributed by atoms with Gasteiger partial charge in [0.2, 0.25) is 0 Å². The number of aliphatic hydroxyl groups excluding tert-OH is 1. The Morgan fingerprint density at radius 1 is 0.714 bits per heavy atom. The van der Waals surface area contributed by atoms with Crippen LogP contribution < -0.4 is 0 Å². The zero-order chi connectivity index (χ0) is 29.3. The molecule has 0 radical (unpaired) electrons. The molecule has 216 valence electrons. The fourth-order valence-electron chi connectivity index (χ4n) is 4.63. The van der Waals surface area contributed by atoms with Gasteiger partial charge in [-0.15, -0.1) is 0 Å². The summed E-state index contributed by atoms with van der Waals surface area (Å²) in [4.78, 5) is 27.6. The molecule has 5 atom stereocenters. The molecule has 4 aromatic carbocycles. The van der Waals surface area contributed by atoms with Crippen LogP contribution in [0, 0.1) is 6.92 Å². The van der Waals surface area contributed by atoms with E-state index in [1.54, 1.807) is 60.7 Å². The van der Waals surface area contributed by atoms with Crippen LogP contribution >= 0.6 is 11.8 Å². The minimum absolute atomic E-state index is 0.167. The maximum Gasteiger partial charge on any atom is 0.338 e. The van der Waals surface area contributed by atoms with Gasteiger partial charge in [-0.3, -0.25) is 0 Å². The summed E-state index contributed by atoms with van der Waals surface area (Å²) >= 11 is 1.32. The Kier molecular flexibility index (Phi) is 10.0. The largest absolute Gasteiger partial charge is 0.452 e. The van der Waals surface area contributed by atoms with Crippen LogP contribution in [0.25, 0.3) is 0 Å². The van der Waals surface area contributed by atoms with Crippen molar-refractivity contribution in [1.82, 2.24) is 0 Å². The Hall–Kier alpha value is -3.95. The Balaban J connectivity index is 1.51. The molecule has 1 saturated heterocycles. The molecule has 0 unspecified atom stereocenters. The van der Waals surface area contributed by atoms with Crippen molar-refractivity contribution in [2.45, 2.75) is 48.3 Å². The highest BCUT2D eigenvalue weighted by Gasteiger charge is 2.51. The van der Waals surface area contributed by atoms with Gasteiger partial charge < -0.3 is 24.1 Å². The summed E-state index contributed by atoms with van der Waals surface area (Å²) in [5, 5.41) is 10.4. The lowest BCUT2D eigenvalue weighted by Crippen LogP contribution is -2.61. The van der Waals surface area contributed by atoms with E-state index in [9.17, 15) is 14.7 Å². The van der Waals surface area contributed by atoms with E-state index in [2.05, 4.69) is 0 Å². The minimum Gasteiger partial charge on any atom is -0.452 e. The van der Waals surface area contributed by atoms with Crippen molar-refractivity contribution >= 4 is 23.7 Å². The number of carbonyl (C=O) groups excluding carboxylic acids is 2. The van der Waals surface area contributed by atoms with Crippen LogP contribution in [0.15, 0.2) is 120 Å². The zero-order valence-corrected chi connectivity index (χ0v) is 23.9. The average Bonchev–Trinajstić information content (AvgIpc) is 3.04. The lowest BCUT2D eigenvalue weighted by Gasteiger charge is -2.44. The molecule has 0 spiro atoms. The first-order valence-corrected chi connectivity index (χ1v) is 14.6. The Morgan fingerprint density at radius 2 is 1.24 bits per heavy atom. The van der Waals surface area contributed by atoms with Gasteiger partial charge in [0, 0.05) is 4.90 Å². The predicted octanol–water partition coefficient (Wildman–Crippen LogP) is 5.84.